The van der Waals surface area contributed by atoms with Gasteiger partial charge in [0.2, 0.25) is 6.33 Å². The summed E-state index contributed by atoms with van der Waals surface area (Å²) in [6.45, 7) is 5.84. The van der Waals surface area contributed by atoms with Crippen LogP contribution in [0.4, 0.5) is 5.82 Å². The Balaban J connectivity index is 1.75. The number of imidazole rings is 1. The lowest BCUT2D eigenvalue weighted by Crippen LogP contribution is -2.42. The van der Waals surface area contributed by atoms with Gasteiger partial charge in [-0.15, -0.1) is 0 Å². The van der Waals surface area contributed by atoms with Crippen molar-refractivity contribution in [2.24, 2.45) is 0 Å². The molecule has 0 spiro atoms. The first-order valence-corrected chi connectivity index (χ1v) is 7.89. The maximum atomic E-state index is 10.6. The molecule has 2 aromatic rings. The van der Waals surface area contributed by atoms with E-state index in [1.54, 1.807) is 4.57 Å². The minimum atomic E-state index is -0.482. The second-order valence-electron chi connectivity index (χ2n) is 6.19. The fraction of sp³-hybridized carbons (Fsp3) is 0.438. The number of benzene rings is 1. The normalized spacial score (nSPS) is 11.6. The zero-order valence-corrected chi connectivity index (χ0v) is 14.1. The first-order chi connectivity index (χ1) is 10.9. The molecule has 0 aliphatic heterocycles. The van der Waals surface area contributed by atoms with E-state index >= 15 is 0 Å². The molecule has 2 rings (SSSR count). The van der Waals surface area contributed by atoms with Crippen LogP contribution in [0.15, 0.2) is 36.8 Å². The molecule has 0 fully saturated rings. The Kier molecular flexibility index (Phi) is 5.74. The lowest BCUT2D eigenvalue weighted by Gasteiger charge is -2.26. The molecule has 0 atom stereocenters. The van der Waals surface area contributed by atoms with Gasteiger partial charge in [0.05, 0.1) is 0 Å². The van der Waals surface area contributed by atoms with E-state index in [1.165, 1.54) is 18.1 Å². The Morgan fingerprint density at radius 2 is 2.04 bits per heavy atom. The van der Waals surface area contributed by atoms with Crippen LogP contribution in [-0.4, -0.2) is 26.6 Å². The van der Waals surface area contributed by atoms with Gasteiger partial charge >= 0.3 is 5.82 Å². The smallest absolute Gasteiger partial charge is 0.358 e. The molecule has 23 heavy (non-hydrogen) atoms. The van der Waals surface area contributed by atoms with Crippen LogP contribution in [0, 0.1) is 10.1 Å². The van der Waals surface area contributed by atoms with Crippen LogP contribution in [0.2, 0.25) is 5.02 Å². The van der Waals surface area contributed by atoms with Crippen molar-refractivity contribution in [3.05, 3.63) is 57.5 Å². The van der Waals surface area contributed by atoms with Gasteiger partial charge in [0.15, 0.2) is 0 Å². The van der Waals surface area contributed by atoms with Crippen molar-refractivity contribution in [3.63, 3.8) is 0 Å². The molecule has 0 aliphatic rings. The van der Waals surface area contributed by atoms with E-state index < -0.39 is 4.92 Å². The third-order valence-electron chi connectivity index (χ3n) is 3.56. The van der Waals surface area contributed by atoms with E-state index in [4.69, 9.17) is 11.6 Å². The van der Waals surface area contributed by atoms with Gasteiger partial charge in [0.1, 0.15) is 6.20 Å². The second kappa shape index (κ2) is 7.57. The summed E-state index contributed by atoms with van der Waals surface area (Å²) in [6, 6.07) is 7.88. The minimum Gasteiger partial charge on any atom is -0.358 e. The lowest BCUT2D eigenvalue weighted by molar-refractivity contribution is -0.389. The number of aryl methyl sites for hydroxylation is 1. The fourth-order valence-electron chi connectivity index (χ4n) is 2.43. The number of rotatable bonds is 8. The standard InChI is InChI=1S/C16H21ClN4O2/c1-16(2,10-13-4-6-14(17)7-5-13)19-8-3-9-20-11-15(18-12-20)21(22)23/h4-7,11-12,19H,3,8-10H2,1-2H3. The summed E-state index contributed by atoms with van der Waals surface area (Å²) in [5.41, 5.74) is 1.20. The second-order valence-corrected chi connectivity index (χ2v) is 6.63. The Hall–Kier alpha value is -1.92. The molecule has 0 amide bonds. The molecule has 0 saturated carbocycles. The zero-order chi connectivity index (χ0) is 16.9. The quantitative estimate of drug-likeness (QED) is 0.455. The molecular formula is C16H21ClN4O2. The van der Waals surface area contributed by atoms with E-state index in [-0.39, 0.29) is 11.4 Å². The first kappa shape index (κ1) is 17.4. The Bertz CT molecular complexity index is 652. The summed E-state index contributed by atoms with van der Waals surface area (Å²) in [6.07, 6.45) is 4.73. The fourth-order valence-corrected chi connectivity index (χ4v) is 2.55. The average molecular weight is 337 g/mol. The largest absolute Gasteiger partial charge is 0.381 e. The predicted molar refractivity (Wildman–Crippen MR) is 90.7 cm³/mol. The molecule has 0 radical (unpaired) electrons. The number of hydrogen-bond donors (Lipinski definition) is 1. The minimum absolute atomic E-state index is 0.0330. The van der Waals surface area contributed by atoms with Crippen LogP contribution < -0.4 is 5.32 Å². The highest BCUT2D eigenvalue weighted by Gasteiger charge is 2.17. The molecule has 1 heterocycles. The molecule has 0 bridgehead atoms. The summed E-state index contributed by atoms with van der Waals surface area (Å²) in [4.78, 5) is 13.8. The third-order valence-corrected chi connectivity index (χ3v) is 3.81. The highest BCUT2D eigenvalue weighted by Crippen LogP contribution is 2.16. The van der Waals surface area contributed by atoms with E-state index in [0.29, 0.717) is 6.54 Å². The van der Waals surface area contributed by atoms with E-state index in [9.17, 15) is 10.1 Å². The highest BCUT2D eigenvalue weighted by molar-refractivity contribution is 6.30. The SMILES string of the molecule is CC(C)(Cc1ccc(Cl)cc1)NCCCn1cnc([N+](=O)[O-])c1. The molecule has 7 heteroatoms. The summed E-state index contributed by atoms with van der Waals surface area (Å²) in [5, 5.41) is 14.8. The number of hydrogen-bond acceptors (Lipinski definition) is 4. The molecule has 1 aromatic carbocycles. The zero-order valence-electron chi connectivity index (χ0n) is 13.3. The monoisotopic (exact) mass is 336 g/mol. The molecule has 1 aromatic heterocycles. The van der Waals surface area contributed by atoms with Crippen LogP contribution in [0.1, 0.15) is 25.8 Å². The van der Waals surface area contributed by atoms with Gasteiger partial charge in [0, 0.05) is 17.1 Å². The molecule has 6 nitrogen and oxygen atoms in total. The van der Waals surface area contributed by atoms with Crippen molar-refractivity contribution in [1.82, 2.24) is 14.9 Å². The Morgan fingerprint density at radius 3 is 2.65 bits per heavy atom. The van der Waals surface area contributed by atoms with Crippen LogP contribution in [0.25, 0.3) is 0 Å². The maximum Gasteiger partial charge on any atom is 0.381 e. The molecule has 0 unspecified atom stereocenters. The van der Waals surface area contributed by atoms with E-state index in [0.717, 1.165) is 24.4 Å². The third kappa shape index (κ3) is 5.65. The first-order valence-electron chi connectivity index (χ1n) is 7.51. The Morgan fingerprint density at radius 1 is 1.35 bits per heavy atom. The van der Waals surface area contributed by atoms with E-state index in [2.05, 4.69) is 24.1 Å². The number of nitro groups is 1. The number of halogens is 1. The Labute approximate surface area is 140 Å². The van der Waals surface area contributed by atoms with E-state index in [1.807, 2.05) is 24.3 Å². The topological polar surface area (TPSA) is 73.0 Å². The van der Waals surface area contributed by atoms with Gasteiger partial charge in [-0.25, -0.2) is 0 Å². The summed E-state index contributed by atoms with van der Waals surface area (Å²) in [5.74, 6) is -0.110. The summed E-state index contributed by atoms with van der Waals surface area (Å²) < 4.78 is 1.74. The van der Waals surface area contributed by atoms with Crippen LogP contribution >= 0.6 is 11.6 Å². The van der Waals surface area contributed by atoms with Crippen molar-refractivity contribution in [2.75, 3.05) is 6.54 Å². The molecule has 0 saturated heterocycles. The van der Waals surface area contributed by atoms with Crippen molar-refractivity contribution in [3.8, 4) is 0 Å². The van der Waals surface area contributed by atoms with Crippen molar-refractivity contribution in [1.29, 1.82) is 0 Å². The van der Waals surface area contributed by atoms with Gasteiger partial charge in [0.25, 0.3) is 0 Å². The van der Waals surface area contributed by atoms with Crippen molar-refractivity contribution >= 4 is 17.4 Å². The molecule has 1 N–H and O–H groups in total. The highest BCUT2D eigenvalue weighted by atomic mass is 35.5. The summed E-state index contributed by atoms with van der Waals surface area (Å²) >= 11 is 5.90. The average Bonchev–Trinajstić information content (AvgIpc) is 2.95. The lowest BCUT2D eigenvalue weighted by atomic mass is 9.95. The van der Waals surface area contributed by atoms with Crippen LogP contribution in [0.3, 0.4) is 0 Å². The number of nitrogens with zero attached hydrogens (tertiary/aromatic N) is 3. The van der Waals surface area contributed by atoms with Gasteiger partial charge in [-0.05, 0) is 60.8 Å². The van der Waals surface area contributed by atoms with Gasteiger partial charge < -0.3 is 20.0 Å². The van der Waals surface area contributed by atoms with Gasteiger partial charge in [-0.3, -0.25) is 0 Å². The molecule has 0 aliphatic carbocycles. The van der Waals surface area contributed by atoms with Gasteiger partial charge in [-0.1, -0.05) is 23.7 Å². The summed E-state index contributed by atoms with van der Waals surface area (Å²) in [7, 11) is 0. The number of nitrogens with one attached hydrogen (secondary N) is 1. The number of aromatic nitrogens is 2. The van der Waals surface area contributed by atoms with Crippen molar-refractivity contribution in [2.45, 2.75) is 38.8 Å². The van der Waals surface area contributed by atoms with Crippen LogP contribution in [-0.2, 0) is 13.0 Å². The predicted octanol–water partition coefficient (Wildman–Crippen LogP) is 3.45. The van der Waals surface area contributed by atoms with Crippen molar-refractivity contribution < 1.29 is 4.92 Å². The maximum absolute atomic E-state index is 10.6. The van der Waals surface area contributed by atoms with Crippen LogP contribution in [0.5, 0.6) is 0 Å². The van der Waals surface area contributed by atoms with Gasteiger partial charge in [-0.2, -0.15) is 0 Å². The molecule has 124 valence electrons. The molecular weight excluding hydrogens is 316 g/mol.